The van der Waals surface area contributed by atoms with Crippen molar-refractivity contribution in [3.8, 4) is 5.75 Å². The van der Waals surface area contributed by atoms with E-state index in [4.69, 9.17) is 9.47 Å². The summed E-state index contributed by atoms with van der Waals surface area (Å²) in [6.45, 7) is 3.25. The van der Waals surface area contributed by atoms with Gasteiger partial charge in [-0.1, -0.05) is 23.9 Å². The summed E-state index contributed by atoms with van der Waals surface area (Å²) in [5.41, 5.74) is 2.64. The normalized spacial score (nSPS) is 10.8. The van der Waals surface area contributed by atoms with Gasteiger partial charge in [-0.05, 0) is 32.2 Å². The third kappa shape index (κ3) is 4.65. The van der Waals surface area contributed by atoms with Crippen LogP contribution >= 0.6 is 11.8 Å². The van der Waals surface area contributed by atoms with Crippen molar-refractivity contribution in [1.29, 1.82) is 0 Å². The maximum absolute atomic E-state index is 12.3. The molecule has 3 rings (SSSR count). The Morgan fingerprint density at radius 1 is 1.21 bits per heavy atom. The van der Waals surface area contributed by atoms with Crippen LogP contribution in [-0.2, 0) is 20.7 Å². The van der Waals surface area contributed by atoms with E-state index >= 15 is 0 Å². The van der Waals surface area contributed by atoms with Crippen LogP contribution in [0.1, 0.15) is 17.0 Å². The third-order valence-electron chi connectivity index (χ3n) is 4.28. The van der Waals surface area contributed by atoms with Crippen LogP contribution < -0.4 is 10.1 Å². The Kier molecular flexibility index (Phi) is 6.32. The van der Waals surface area contributed by atoms with Crippen LogP contribution in [0.25, 0.3) is 5.78 Å². The molecule has 3 aromatic rings. The highest BCUT2D eigenvalue weighted by Crippen LogP contribution is 2.23. The number of aryl methyl sites for hydroxylation is 2. The molecule has 0 saturated heterocycles. The van der Waals surface area contributed by atoms with Crippen LogP contribution in [-0.4, -0.2) is 51.4 Å². The number of carbonyl (C=O) groups is 2. The van der Waals surface area contributed by atoms with E-state index < -0.39 is 18.5 Å². The average molecular weight is 415 g/mol. The highest BCUT2D eigenvalue weighted by molar-refractivity contribution is 7.98. The maximum atomic E-state index is 12.3. The van der Waals surface area contributed by atoms with Crippen LogP contribution in [0, 0.1) is 13.8 Å². The smallest absolute Gasteiger partial charge is 0.310 e. The lowest BCUT2D eigenvalue weighted by atomic mass is 10.1. The number of nitrogens with zero attached hydrogens (tertiary/aromatic N) is 4. The number of benzene rings is 1. The fourth-order valence-corrected chi connectivity index (χ4v) is 3.14. The van der Waals surface area contributed by atoms with E-state index in [9.17, 15) is 9.59 Å². The van der Waals surface area contributed by atoms with Crippen molar-refractivity contribution in [1.82, 2.24) is 19.6 Å². The summed E-state index contributed by atoms with van der Waals surface area (Å²) in [5, 5.41) is 7.62. The number of methoxy groups -OCH3 is 1. The lowest BCUT2D eigenvalue weighted by Gasteiger charge is -2.11. The number of esters is 1. The van der Waals surface area contributed by atoms with Crippen molar-refractivity contribution in [2.45, 2.75) is 25.4 Å². The minimum absolute atomic E-state index is 0.0169. The van der Waals surface area contributed by atoms with Gasteiger partial charge < -0.3 is 14.8 Å². The minimum Gasteiger partial charge on any atom is -0.495 e. The highest BCUT2D eigenvalue weighted by atomic mass is 32.2. The van der Waals surface area contributed by atoms with Crippen molar-refractivity contribution in [2.24, 2.45) is 0 Å². The Bertz CT molecular complexity index is 1070. The van der Waals surface area contributed by atoms with Crippen molar-refractivity contribution in [3.63, 3.8) is 0 Å². The predicted octanol–water partition coefficient (Wildman–Crippen LogP) is 2.20. The summed E-state index contributed by atoms with van der Waals surface area (Å²) in [7, 11) is 1.51. The summed E-state index contributed by atoms with van der Waals surface area (Å²) >= 11 is 1.42. The van der Waals surface area contributed by atoms with Crippen molar-refractivity contribution >= 4 is 35.1 Å². The first-order valence-corrected chi connectivity index (χ1v) is 10.0. The summed E-state index contributed by atoms with van der Waals surface area (Å²) in [4.78, 5) is 33.1. The SMILES string of the molecule is COc1ccccc1NC(=O)COC(=O)Cc1c(C)nc2nc(SC)nn2c1C. The molecule has 0 bridgehead atoms. The van der Waals surface area contributed by atoms with E-state index in [1.165, 1.54) is 18.9 Å². The number of para-hydroxylation sites is 2. The molecule has 10 heteroatoms. The van der Waals surface area contributed by atoms with Crippen LogP contribution in [0.3, 0.4) is 0 Å². The Hall–Kier alpha value is -3.14. The van der Waals surface area contributed by atoms with Crippen LogP contribution in [0.5, 0.6) is 5.75 Å². The third-order valence-corrected chi connectivity index (χ3v) is 4.82. The molecule has 0 aliphatic rings. The Labute approximate surface area is 171 Å². The zero-order chi connectivity index (χ0) is 21.0. The Balaban J connectivity index is 1.64. The number of thioether (sulfide) groups is 1. The molecule has 0 fully saturated rings. The summed E-state index contributed by atoms with van der Waals surface area (Å²) in [5.74, 6) is 0.0244. The van der Waals surface area contributed by atoms with E-state index in [1.807, 2.05) is 13.2 Å². The molecule has 29 heavy (non-hydrogen) atoms. The van der Waals surface area contributed by atoms with E-state index in [0.717, 1.165) is 5.69 Å². The molecule has 0 saturated carbocycles. The molecule has 0 aliphatic heterocycles. The number of aromatic nitrogens is 4. The average Bonchev–Trinajstić information content (AvgIpc) is 3.13. The largest absolute Gasteiger partial charge is 0.495 e. The molecule has 2 aromatic heterocycles. The molecule has 152 valence electrons. The molecule has 1 aromatic carbocycles. The number of carbonyl (C=O) groups excluding carboxylic acids is 2. The fourth-order valence-electron chi connectivity index (χ4n) is 2.81. The molecule has 0 atom stereocenters. The second-order valence-corrected chi connectivity index (χ2v) is 6.93. The van der Waals surface area contributed by atoms with E-state index in [-0.39, 0.29) is 6.42 Å². The number of ether oxygens (including phenoxy) is 2. The van der Waals surface area contributed by atoms with Gasteiger partial charge in [0.05, 0.1) is 19.2 Å². The second kappa shape index (κ2) is 8.91. The van der Waals surface area contributed by atoms with Gasteiger partial charge in [0.1, 0.15) is 5.75 Å². The number of nitrogens with one attached hydrogen (secondary N) is 1. The first-order valence-electron chi connectivity index (χ1n) is 8.78. The van der Waals surface area contributed by atoms with Gasteiger partial charge in [-0.15, -0.1) is 5.10 Å². The Morgan fingerprint density at radius 2 is 1.97 bits per heavy atom. The molecule has 9 nitrogen and oxygen atoms in total. The number of hydrogen-bond donors (Lipinski definition) is 1. The molecule has 2 heterocycles. The molecule has 0 radical (unpaired) electrons. The zero-order valence-electron chi connectivity index (χ0n) is 16.6. The van der Waals surface area contributed by atoms with Crippen molar-refractivity contribution < 1.29 is 19.1 Å². The molecular weight excluding hydrogens is 394 g/mol. The van der Waals surface area contributed by atoms with E-state index in [2.05, 4.69) is 20.4 Å². The van der Waals surface area contributed by atoms with Gasteiger partial charge in [0.2, 0.25) is 5.16 Å². The number of anilines is 1. The molecule has 0 spiro atoms. The van der Waals surface area contributed by atoms with Crippen molar-refractivity contribution in [2.75, 3.05) is 25.3 Å². The van der Waals surface area contributed by atoms with Gasteiger partial charge >= 0.3 is 5.97 Å². The molecule has 0 aliphatic carbocycles. The highest BCUT2D eigenvalue weighted by Gasteiger charge is 2.17. The van der Waals surface area contributed by atoms with Gasteiger partial charge in [-0.25, -0.2) is 9.50 Å². The van der Waals surface area contributed by atoms with Crippen molar-refractivity contribution in [3.05, 3.63) is 41.2 Å². The lowest BCUT2D eigenvalue weighted by Crippen LogP contribution is -2.22. The monoisotopic (exact) mass is 415 g/mol. The van der Waals surface area contributed by atoms with Gasteiger partial charge in [0, 0.05) is 17.0 Å². The lowest BCUT2D eigenvalue weighted by molar-refractivity contribution is -0.146. The van der Waals surface area contributed by atoms with E-state index in [0.29, 0.717) is 33.6 Å². The number of rotatable bonds is 7. The Morgan fingerprint density at radius 3 is 2.69 bits per heavy atom. The van der Waals surface area contributed by atoms with Gasteiger partial charge in [0.25, 0.3) is 11.7 Å². The summed E-state index contributed by atoms with van der Waals surface area (Å²) < 4.78 is 11.9. The quantitative estimate of drug-likeness (QED) is 0.462. The zero-order valence-corrected chi connectivity index (χ0v) is 17.4. The fraction of sp³-hybridized carbons (Fsp3) is 0.316. The summed E-state index contributed by atoms with van der Waals surface area (Å²) in [6.07, 6.45) is 1.86. The van der Waals surface area contributed by atoms with Gasteiger partial charge in [0.15, 0.2) is 6.61 Å². The second-order valence-electron chi connectivity index (χ2n) is 6.16. The standard InChI is InChI=1S/C19H21N5O4S/c1-11-13(12(2)24-18(20-11)22-19(23-24)29-4)9-17(26)28-10-16(25)21-14-7-5-6-8-15(14)27-3/h5-8H,9-10H2,1-4H3,(H,21,25). The minimum atomic E-state index is -0.530. The first kappa shape index (κ1) is 20.6. The van der Waals surface area contributed by atoms with Gasteiger partial charge in [-0.2, -0.15) is 4.98 Å². The van der Waals surface area contributed by atoms with E-state index in [1.54, 1.807) is 35.7 Å². The topological polar surface area (TPSA) is 108 Å². The number of amides is 1. The number of fused-ring (bicyclic) bond motifs is 1. The van der Waals surface area contributed by atoms with Gasteiger partial charge in [-0.3, -0.25) is 9.59 Å². The first-order chi connectivity index (χ1) is 13.9. The molecular formula is C19H21N5O4S. The molecule has 0 unspecified atom stereocenters. The van der Waals surface area contributed by atoms with Crippen LogP contribution in [0.2, 0.25) is 0 Å². The van der Waals surface area contributed by atoms with Crippen LogP contribution in [0.4, 0.5) is 5.69 Å². The number of hydrogen-bond acceptors (Lipinski definition) is 8. The molecule has 1 amide bonds. The maximum Gasteiger partial charge on any atom is 0.310 e. The molecule has 1 N–H and O–H groups in total. The predicted molar refractivity (Wildman–Crippen MR) is 108 cm³/mol. The summed E-state index contributed by atoms with van der Waals surface area (Å²) in [6, 6.07) is 6.99. The van der Waals surface area contributed by atoms with Crippen LogP contribution in [0.15, 0.2) is 29.4 Å².